The van der Waals surface area contributed by atoms with Crippen molar-refractivity contribution in [3.05, 3.63) is 83.0 Å². The number of aliphatic carboxylic acids is 1. The number of carbonyl (C=O) groups is 4. The molecule has 1 amide bonds. The number of halogens is 1. The predicted octanol–water partition coefficient (Wildman–Crippen LogP) is 1.54. The van der Waals surface area contributed by atoms with Gasteiger partial charge in [0, 0.05) is 18.4 Å². The van der Waals surface area contributed by atoms with E-state index in [1.54, 1.807) is 60.7 Å². The molecule has 2 aromatic carbocycles. The van der Waals surface area contributed by atoms with Gasteiger partial charge in [-0.25, -0.2) is 4.79 Å². The second kappa shape index (κ2) is 13.5. The van der Waals surface area contributed by atoms with E-state index in [-0.39, 0.29) is 23.3 Å². The number of alkyl carbamates (subject to hydrolysis) is 1. The minimum Gasteiger partial charge on any atom is -0.480 e. The maximum Gasteiger partial charge on any atom is 0.409 e. The normalized spacial score (nSPS) is 17.4. The minimum absolute atomic E-state index is 0.0660. The molecule has 11 nitrogen and oxygen atoms in total. The molecule has 0 bridgehead atoms. The molecule has 0 saturated carbocycles. The molecule has 37 heavy (non-hydrogen) atoms. The Balaban J connectivity index is 1.79. The molecule has 0 radical (unpaired) electrons. The average Bonchev–Trinajstić information content (AvgIpc) is 3.33. The Labute approximate surface area is 219 Å². The average molecular weight is 532 g/mol. The molecule has 0 aromatic heterocycles. The molecule has 3 rings (SSSR count). The van der Waals surface area contributed by atoms with Crippen LogP contribution in [-0.4, -0.2) is 53.5 Å². The summed E-state index contributed by atoms with van der Waals surface area (Å²) >= 11 is 5.79. The topological polar surface area (TPSA) is 169 Å². The number of hydroxylamine groups is 1. The van der Waals surface area contributed by atoms with Crippen molar-refractivity contribution in [1.29, 1.82) is 0 Å². The number of Topliss-reactive ketones (excluding diaryl/α,β-unsaturated/α-hetero) is 2. The summed E-state index contributed by atoms with van der Waals surface area (Å²) in [5.41, 5.74) is 9.37. The van der Waals surface area contributed by atoms with E-state index in [1.807, 2.05) is 0 Å². The highest BCUT2D eigenvalue weighted by Crippen LogP contribution is 2.17. The number of amides is 1. The van der Waals surface area contributed by atoms with Crippen molar-refractivity contribution in [2.24, 2.45) is 5.73 Å². The van der Waals surface area contributed by atoms with Crippen LogP contribution in [0.3, 0.4) is 0 Å². The van der Waals surface area contributed by atoms with Crippen LogP contribution in [0.1, 0.15) is 23.8 Å². The fourth-order valence-corrected chi connectivity index (χ4v) is 3.70. The Bertz CT molecular complexity index is 1170. The number of rotatable bonds is 13. The van der Waals surface area contributed by atoms with E-state index in [0.29, 0.717) is 11.1 Å². The highest BCUT2D eigenvalue weighted by atomic mass is 35.5. The zero-order chi connectivity index (χ0) is 27.7. The Hall–Kier alpha value is -3.77. The van der Waals surface area contributed by atoms with Gasteiger partial charge in [0.2, 0.25) is 11.6 Å². The molecule has 0 aliphatic carbocycles. The molecule has 12 heteroatoms. The van der Waals surface area contributed by atoms with Gasteiger partial charge in [-0.1, -0.05) is 72.3 Å². The van der Waals surface area contributed by atoms with E-state index in [9.17, 15) is 19.2 Å². The summed E-state index contributed by atoms with van der Waals surface area (Å²) in [7, 11) is 0. The summed E-state index contributed by atoms with van der Waals surface area (Å²) in [5.74, 6) is -3.26. The number of carboxylic acid groups (broad SMARTS) is 1. The molecule has 1 aliphatic heterocycles. The lowest BCUT2D eigenvalue weighted by atomic mass is 9.95. The highest BCUT2D eigenvalue weighted by Gasteiger charge is 2.33. The first kappa shape index (κ1) is 26.3. The van der Waals surface area contributed by atoms with Crippen molar-refractivity contribution in [3.63, 3.8) is 0 Å². The zero-order valence-electron chi connectivity index (χ0n) is 20.6. The van der Waals surface area contributed by atoms with Crippen LogP contribution in [0.4, 0.5) is 4.79 Å². The van der Waals surface area contributed by atoms with Crippen LogP contribution in [0.15, 0.2) is 71.9 Å². The molecule has 4 atom stereocenters. The first-order chi connectivity index (χ1) is 18.2. The van der Waals surface area contributed by atoms with E-state index in [4.69, 9.17) is 33.4 Å². The second-order valence-corrected chi connectivity index (χ2v) is 8.53. The first-order valence-corrected chi connectivity index (χ1v) is 11.7. The van der Waals surface area contributed by atoms with Crippen molar-refractivity contribution < 1.29 is 35.3 Å². The standard InChI is InChI=1S/C25H27ClN4O7/c26-20-13-17(37-30-20)12-18(27)22(33)23(34)19(11-15-7-3-1-4-8-15)29-25(35)36-24(28-14-21(31)32)16-9-5-2-6-10-16/h1-10,13,17-19,24,28,30H,11-12,14,27H2,(H,29,35)(H,31,32)/t17?,18-,19-,24?/m0/s1/i/hD. The van der Waals surface area contributed by atoms with Gasteiger partial charge < -0.3 is 20.9 Å². The van der Waals surface area contributed by atoms with Gasteiger partial charge in [0.05, 0.1) is 12.6 Å². The van der Waals surface area contributed by atoms with Gasteiger partial charge >= 0.3 is 12.1 Å². The number of carbonyl (C=O) groups excluding carboxylic acids is 3. The smallest absolute Gasteiger partial charge is 0.409 e. The highest BCUT2D eigenvalue weighted by molar-refractivity contribution is 6.41. The number of ether oxygens (including phenoxy) is 1. The van der Waals surface area contributed by atoms with Gasteiger partial charge in [-0.05, 0) is 11.6 Å². The van der Waals surface area contributed by atoms with Crippen molar-refractivity contribution in [3.8, 4) is 0 Å². The molecular weight excluding hydrogens is 504 g/mol. The van der Waals surface area contributed by atoms with Crippen LogP contribution in [0.5, 0.6) is 0 Å². The second-order valence-electron chi connectivity index (χ2n) is 8.13. The summed E-state index contributed by atoms with van der Waals surface area (Å²) in [6, 6.07) is 13.9. The summed E-state index contributed by atoms with van der Waals surface area (Å²) in [6.45, 7) is -0.541. The molecule has 196 valence electrons. The van der Waals surface area contributed by atoms with Crippen LogP contribution in [0.2, 0.25) is 1.41 Å². The van der Waals surface area contributed by atoms with Gasteiger partial charge in [-0.3, -0.25) is 30.0 Å². The van der Waals surface area contributed by atoms with Crippen LogP contribution in [0, 0.1) is 0 Å². The quantitative estimate of drug-likeness (QED) is 0.145. The van der Waals surface area contributed by atoms with Gasteiger partial charge in [0.1, 0.15) is 17.3 Å². The largest absolute Gasteiger partial charge is 0.480 e. The van der Waals surface area contributed by atoms with E-state index in [1.165, 1.54) is 6.08 Å². The van der Waals surface area contributed by atoms with Crippen molar-refractivity contribution in [2.45, 2.75) is 37.3 Å². The number of carboxylic acids is 1. The lowest BCUT2D eigenvalue weighted by Gasteiger charge is -2.23. The molecule has 0 fully saturated rings. The van der Waals surface area contributed by atoms with E-state index in [2.05, 4.69) is 10.8 Å². The van der Waals surface area contributed by atoms with Crippen molar-refractivity contribution in [1.82, 2.24) is 16.1 Å². The van der Waals surface area contributed by atoms with Crippen LogP contribution < -0.4 is 21.8 Å². The number of benzene rings is 2. The summed E-state index contributed by atoms with van der Waals surface area (Å²) < 4.78 is 13.8. The van der Waals surface area contributed by atoms with Gasteiger partial charge in [0.15, 0.2) is 7.64 Å². The molecule has 1 aliphatic rings. The number of nitrogens with one attached hydrogen (secondary N) is 3. The van der Waals surface area contributed by atoms with Gasteiger partial charge in [-0.15, -0.1) is 0 Å². The number of hydrogen-bond acceptors (Lipinski definition) is 9. The predicted molar refractivity (Wildman–Crippen MR) is 133 cm³/mol. The van der Waals surface area contributed by atoms with Gasteiger partial charge in [0.25, 0.3) is 0 Å². The van der Waals surface area contributed by atoms with E-state index < -0.39 is 54.6 Å². The van der Waals surface area contributed by atoms with Crippen LogP contribution >= 0.6 is 11.6 Å². The summed E-state index contributed by atoms with van der Waals surface area (Å²) in [5, 5.41) is 12.1. The number of ketones is 2. The Morgan fingerprint density at radius 3 is 2.35 bits per heavy atom. The summed E-state index contributed by atoms with van der Waals surface area (Å²) in [6.07, 6.45) is -1.90. The Morgan fingerprint density at radius 1 is 1.11 bits per heavy atom. The van der Waals surface area contributed by atoms with Crippen molar-refractivity contribution >= 4 is 35.2 Å². The molecule has 2 unspecified atom stereocenters. The third-order valence-electron chi connectivity index (χ3n) is 5.30. The van der Waals surface area contributed by atoms with Crippen LogP contribution in [-0.2, 0) is 30.4 Å². The fraction of sp³-hybridized carbons (Fsp3) is 0.280. The number of hydrogen-bond donors (Lipinski definition) is 5. The third kappa shape index (κ3) is 8.69. The molecular formula is C25H27ClN4O7. The zero-order valence-corrected chi connectivity index (χ0v) is 20.3. The fourth-order valence-electron chi connectivity index (χ4n) is 3.51. The summed E-state index contributed by atoms with van der Waals surface area (Å²) in [4.78, 5) is 55.4. The first-order valence-electron chi connectivity index (χ1n) is 11.8. The maximum atomic E-state index is 13.3. The van der Waals surface area contributed by atoms with E-state index >= 15 is 0 Å². The van der Waals surface area contributed by atoms with Crippen molar-refractivity contribution in [2.75, 3.05) is 6.54 Å². The Morgan fingerprint density at radius 2 is 1.76 bits per heavy atom. The number of nitrogens with two attached hydrogens (primary N) is 1. The molecule has 2 aromatic rings. The molecule has 1 heterocycles. The Kier molecular flexibility index (Phi) is 9.60. The van der Waals surface area contributed by atoms with Gasteiger partial charge in [-0.2, -0.15) is 0 Å². The molecule has 0 saturated heterocycles. The molecule has 6 N–H and O–H groups in total. The van der Waals surface area contributed by atoms with E-state index in [0.717, 1.165) is 0 Å². The monoisotopic (exact) mass is 531 g/mol. The SMILES string of the molecule is [2H]N(C(=O)OC(NCC(=O)O)c1ccccc1)[C@@H](Cc1ccccc1)C(=O)C(=O)[C@@H](N)CC1C=C(Cl)NO1. The lowest BCUT2D eigenvalue weighted by molar-refractivity contribution is -0.139. The maximum absolute atomic E-state index is 13.3. The lowest BCUT2D eigenvalue weighted by Crippen LogP contribution is -2.50. The molecule has 0 spiro atoms. The van der Waals surface area contributed by atoms with Crippen LogP contribution in [0.25, 0.3) is 0 Å². The third-order valence-corrected chi connectivity index (χ3v) is 5.50. The minimum atomic E-state index is -1.57.